The van der Waals surface area contributed by atoms with Crippen LogP contribution in [0.5, 0.6) is 0 Å². The molecule has 6 nitrogen and oxygen atoms in total. The minimum Gasteiger partial charge on any atom is -0.365 e. The van der Waals surface area contributed by atoms with E-state index < -0.39 is 5.82 Å². The van der Waals surface area contributed by atoms with Gasteiger partial charge in [0.15, 0.2) is 11.6 Å². The van der Waals surface area contributed by atoms with E-state index in [2.05, 4.69) is 30.9 Å². The van der Waals surface area contributed by atoms with Gasteiger partial charge in [-0.3, -0.25) is 4.98 Å². The molecular weight excluding hydrogens is 406 g/mol. The SMILES string of the molecule is Fc1ccc(Nc2csc3c(N[C@@H]4CCNC4)nc(-c4ccncc4F)nc23)cc1. The summed E-state index contributed by atoms with van der Waals surface area (Å²) in [5.74, 6) is 0.187. The highest BCUT2D eigenvalue weighted by molar-refractivity contribution is 7.18. The molecule has 0 amide bonds. The monoisotopic (exact) mass is 424 g/mol. The van der Waals surface area contributed by atoms with Crippen molar-refractivity contribution < 1.29 is 8.78 Å². The Kier molecular flexibility index (Phi) is 4.97. The molecule has 1 aromatic carbocycles. The van der Waals surface area contributed by atoms with E-state index in [0.29, 0.717) is 16.9 Å². The summed E-state index contributed by atoms with van der Waals surface area (Å²) in [7, 11) is 0. The highest BCUT2D eigenvalue weighted by Gasteiger charge is 2.20. The highest BCUT2D eigenvalue weighted by atomic mass is 32.1. The number of fused-ring (bicyclic) bond motifs is 1. The molecule has 1 saturated heterocycles. The molecule has 152 valence electrons. The average molecular weight is 424 g/mol. The lowest BCUT2D eigenvalue weighted by Gasteiger charge is -2.14. The summed E-state index contributed by atoms with van der Waals surface area (Å²) >= 11 is 1.50. The third-order valence-corrected chi connectivity index (χ3v) is 5.93. The van der Waals surface area contributed by atoms with E-state index in [4.69, 9.17) is 0 Å². The van der Waals surface area contributed by atoms with Gasteiger partial charge in [-0.1, -0.05) is 0 Å². The first-order valence-electron chi connectivity index (χ1n) is 9.56. The normalized spacial score (nSPS) is 16.1. The fourth-order valence-corrected chi connectivity index (χ4v) is 4.33. The zero-order chi connectivity index (χ0) is 20.5. The maximum absolute atomic E-state index is 14.4. The Labute approximate surface area is 175 Å². The minimum atomic E-state index is -0.478. The Balaban J connectivity index is 1.61. The molecule has 0 spiro atoms. The number of thiophene rings is 1. The van der Waals surface area contributed by atoms with E-state index in [1.54, 1.807) is 18.2 Å². The second-order valence-electron chi connectivity index (χ2n) is 7.04. The first-order valence-corrected chi connectivity index (χ1v) is 10.4. The van der Waals surface area contributed by atoms with Crippen molar-refractivity contribution in [2.24, 2.45) is 0 Å². The number of hydrogen-bond acceptors (Lipinski definition) is 7. The van der Waals surface area contributed by atoms with Gasteiger partial charge in [0.05, 0.1) is 22.1 Å². The molecule has 0 radical (unpaired) electrons. The van der Waals surface area contributed by atoms with Crippen molar-refractivity contribution in [2.45, 2.75) is 12.5 Å². The predicted molar refractivity (Wildman–Crippen MR) is 115 cm³/mol. The summed E-state index contributed by atoms with van der Waals surface area (Å²) in [6, 6.07) is 7.91. The molecule has 9 heteroatoms. The second-order valence-corrected chi connectivity index (χ2v) is 7.92. The third kappa shape index (κ3) is 3.69. The number of hydrogen-bond donors (Lipinski definition) is 3. The van der Waals surface area contributed by atoms with Crippen molar-refractivity contribution in [3.8, 4) is 11.4 Å². The third-order valence-electron chi connectivity index (χ3n) is 4.95. The van der Waals surface area contributed by atoms with Crippen LogP contribution in [0.2, 0.25) is 0 Å². The van der Waals surface area contributed by atoms with Crippen LogP contribution in [0.4, 0.5) is 26.0 Å². The first-order chi connectivity index (χ1) is 14.7. The number of benzene rings is 1. The summed E-state index contributed by atoms with van der Waals surface area (Å²) in [5, 5.41) is 12.0. The van der Waals surface area contributed by atoms with Crippen LogP contribution in [-0.2, 0) is 0 Å². The zero-order valence-electron chi connectivity index (χ0n) is 15.8. The molecule has 3 aromatic heterocycles. The Bertz CT molecular complexity index is 1190. The molecule has 0 bridgehead atoms. The number of nitrogens with zero attached hydrogens (tertiary/aromatic N) is 3. The fourth-order valence-electron chi connectivity index (χ4n) is 3.44. The zero-order valence-corrected chi connectivity index (χ0v) is 16.6. The molecule has 4 aromatic rings. The fraction of sp³-hybridized carbons (Fsp3) is 0.190. The van der Waals surface area contributed by atoms with Gasteiger partial charge in [-0.15, -0.1) is 11.3 Å². The average Bonchev–Trinajstić information content (AvgIpc) is 3.40. The van der Waals surface area contributed by atoms with Gasteiger partial charge in [0.1, 0.15) is 17.2 Å². The maximum Gasteiger partial charge on any atom is 0.165 e. The van der Waals surface area contributed by atoms with Crippen LogP contribution in [0.3, 0.4) is 0 Å². The summed E-state index contributed by atoms with van der Waals surface area (Å²) in [5.41, 5.74) is 2.46. The van der Waals surface area contributed by atoms with Crippen molar-refractivity contribution in [3.63, 3.8) is 0 Å². The number of halogens is 2. The summed E-state index contributed by atoms with van der Waals surface area (Å²) in [6.45, 7) is 1.79. The van der Waals surface area contributed by atoms with Crippen LogP contribution in [0.1, 0.15) is 6.42 Å². The van der Waals surface area contributed by atoms with Gasteiger partial charge < -0.3 is 16.0 Å². The van der Waals surface area contributed by atoms with Crippen molar-refractivity contribution in [2.75, 3.05) is 23.7 Å². The van der Waals surface area contributed by atoms with Gasteiger partial charge in [-0.05, 0) is 43.3 Å². The molecule has 5 rings (SSSR count). The summed E-state index contributed by atoms with van der Waals surface area (Å²) in [4.78, 5) is 13.1. The molecule has 1 atom stereocenters. The van der Waals surface area contributed by atoms with Crippen LogP contribution in [0.15, 0.2) is 48.1 Å². The largest absolute Gasteiger partial charge is 0.365 e. The highest BCUT2D eigenvalue weighted by Crippen LogP contribution is 2.37. The number of anilines is 3. The lowest BCUT2D eigenvalue weighted by molar-refractivity contribution is 0.623. The number of aromatic nitrogens is 3. The molecule has 1 fully saturated rings. The Morgan fingerprint density at radius 3 is 2.73 bits per heavy atom. The summed E-state index contributed by atoms with van der Waals surface area (Å²) in [6.07, 6.45) is 3.66. The Morgan fingerprint density at radius 2 is 1.97 bits per heavy atom. The van der Waals surface area contributed by atoms with Crippen molar-refractivity contribution in [3.05, 3.63) is 59.7 Å². The molecular formula is C21H18F2N6S. The molecule has 0 unspecified atom stereocenters. The standard InChI is InChI=1S/C21H18F2N6S/c22-12-1-3-13(4-2-12)26-17-11-30-19-18(17)28-20(15-6-8-25-10-16(15)23)29-21(19)27-14-5-7-24-9-14/h1-4,6,8,10-11,14,24,26H,5,7,9H2,(H,27,28,29)/t14-/m1/s1. The molecule has 3 N–H and O–H groups in total. The lowest BCUT2D eigenvalue weighted by atomic mass is 10.2. The van der Waals surface area contributed by atoms with Gasteiger partial charge in [-0.2, -0.15) is 0 Å². The van der Waals surface area contributed by atoms with Crippen LogP contribution < -0.4 is 16.0 Å². The summed E-state index contributed by atoms with van der Waals surface area (Å²) < 4.78 is 28.5. The smallest absolute Gasteiger partial charge is 0.165 e. The van der Waals surface area contributed by atoms with E-state index >= 15 is 0 Å². The van der Waals surface area contributed by atoms with Gasteiger partial charge in [-0.25, -0.2) is 18.7 Å². The van der Waals surface area contributed by atoms with Crippen molar-refractivity contribution in [1.29, 1.82) is 0 Å². The van der Waals surface area contributed by atoms with Gasteiger partial charge in [0.25, 0.3) is 0 Å². The topological polar surface area (TPSA) is 74.8 Å². The van der Waals surface area contributed by atoms with Crippen LogP contribution in [0, 0.1) is 11.6 Å². The molecule has 0 saturated carbocycles. The number of rotatable bonds is 5. The molecule has 0 aliphatic carbocycles. The number of pyridine rings is 1. The van der Waals surface area contributed by atoms with Crippen LogP contribution >= 0.6 is 11.3 Å². The minimum absolute atomic E-state index is 0.244. The van der Waals surface area contributed by atoms with E-state index in [1.165, 1.54) is 29.7 Å². The molecule has 1 aliphatic rings. The molecule has 30 heavy (non-hydrogen) atoms. The first kappa shape index (κ1) is 18.8. The number of nitrogens with one attached hydrogen (secondary N) is 3. The quantitative estimate of drug-likeness (QED) is 0.437. The van der Waals surface area contributed by atoms with Gasteiger partial charge in [0.2, 0.25) is 0 Å². The lowest BCUT2D eigenvalue weighted by Crippen LogP contribution is -2.23. The van der Waals surface area contributed by atoms with E-state index in [1.807, 2.05) is 5.38 Å². The molecule has 4 heterocycles. The Morgan fingerprint density at radius 1 is 1.10 bits per heavy atom. The molecule has 1 aliphatic heterocycles. The van der Waals surface area contributed by atoms with E-state index in [0.717, 1.165) is 41.8 Å². The van der Waals surface area contributed by atoms with Crippen LogP contribution in [-0.4, -0.2) is 34.1 Å². The van der Waals surface area contributed by atoms with Crippen molar-refractivity contribution in [1.82, 2.24) is 20.3 Å². The van der Waals surface area contributed by atoms with E-state index in [-0.39, 0.29) is 17.7 Å². The van der Waals surface area contributed by atoms with Crippen molar-refractivity contribution >= 4 is 38.7 Å². The van der Waals surface area contributed by atoms with Gasteiger partial charge in [0, 0.05) is 29.9 Å². The predicted octanol–water partition coefficient (Wildman–Crippen LogP) is 4.55. The second kappa shape index (κ2) is 7.92. The Hall–Kier alpha value is -3.17. The van der Waals surface area contributed by atoms with Gasteiger partial charge >= 0.3 is 0 Å². The van der Waals surface area contributed by atoms with E-state index in [9.17, 15) is 8.78 Å². The maximum atomic E-state index is 14.4. The van der Waals surface area contributed by atoms with Crippen LogP contribution in [0.25, 0.3) is 21.6 Å².